The zero-order valence-electron chi connectivity index (χ0n) is 9.81. The lowest BCUT2D eigenvalue weighted by Crippen LogP contribution is -1.90. The Balaban J connectivity index is 2.45. The van der Waals surface area contributed by atoms with E-state index in [1.807, 2.05) is 0 Å². The molecule has 0 N–H and O–H groups in total. The number of methoxy groups -OCH3 is 1. The summed E-state index contributed by atoms with van der Waals surface area (Å²) in [4.78, 5) is 0. The minimum Gasteiger partial charge on any atom is -0.380 e. The molecule has 0 aliphatic heterocycles. The van der Waals surface area contributed by atoms with Crippen molar-refractivity contribution in [3.63, 3.8) is 0 Å². The fraction of sp³-hybridized carbons (Fsp3) is 0.125. The Labute approximate surface area is 101 Å². The molecule has 3 aromatic carbocycles. The van der Waals surface area contributed by atoms with Gasteiger partial charge >= 0.3 is 0 Å². The largest absolute Gasteiger partial charge is 0.380 e. The fourth-order valence-electron chi connectivity index (χ4n) is 2.41. The van der Waals surface area contributed by atoms with Crippen LogP contribution in [0.4, 0.5) is 0 Å². The molecule has 84 valence electrons. The maximum absolute atomic E-state index is 5.28. The predicted octanol–water partition coefficient (Wildman–Crippen LogP) is 4.14. The van der Waals surface area contributed by atoms with E-state index in [1.54, 1.807) is 7.11 Å². The van der Waals surface area contributed by atoms with Gasteiger partial charge in [0.1, 0.15) is 0 Å². The molecule has 0 spiro atoms. The van der Waals surface area contributed by atoms with Gasteiger partial charge < -0.3 is 4.74 Å². The van der Waals surface area contributed by atoms with Gasteiger partial charge in [-0.3, -0.25) is 0 Å². The summed E-state index contributed by atoms with van der Waals surface area (Å²) in [5, 5.41) is 5.17. The van der Waals surface area contributed by atoms with Gasteiger partial charge in [0.25, 0.3) is 0 Å². The topological polar surface area (TPSA) is 9.23 Å². The maximum atomic E-state index is 5.28. The highest BCUT2D eigenvalue weighted by Gasteiger charge is 2.04. The molecular weight excluding hydrogens is 208 g/mol. The monoisotopic (exact) mass is 222 g/mol. The molecule has 0 aliphatic rings. The molecule has 0 amide bonds. The highest BCUT2D eigenvalue weighted by Crippen LogP contribution is 2.28. The molecule has 0 radical (unpaired) electrons. The second kappa shape index (κ2) is 4.19. The number of benzene rings is 3. The second-order valence-electron chi connectivity index (χ2n) is 4.23. The molecule has 0 bridgehead atoms. The van der Waals surface area contributed by atoms with Crippen molar-refractivity contribution >= 4 is 21.5 Å². The lowest BCUT2D eigenvalue weighted by molar-refractivity contribution is 0.186. The molecule has 0 saturated carbocycles. The van der Waals surface area contributed by atoms with Gasteiger partial charge in [0.05, 0.1) is 6.61 Å². The molecule has 0 aliphatic carbocycles. The van der Waals surface area contributed by atoms with Crippen LogP contribution in [0, 0.1) is 0 Å². The van der Waals surface area contributed by atoms with Gasteiger partial charge in [0.2, 0.25) is 0 Å². The van der Waals surface area contributed by atoms with Crippen LogP contribution in [-0.4, -0.2) is 7.11 Å². The van der Waals surface area contributed by atoms with Crippen LogP contribution >= 0.6 is 0 Å². The van der Waals surface area contributed by atoms with E-state index in [0.29, 0.717) is 6.61 Å². The third kappa shape index (κ3) is 1.69. The lowest BCUT2D eigenvalue weighted by atomic mass is 9.98. The van der Waals surface area contributed by atoms with E-state index in [0.717, 1.165) is 0 Å². The molecule has 0 fully saturated rings. The Morgan fingerprint density at radius 3 is 2.47 bits per heavy atom. The van der Waals surface area contributed by atoms with Crippen molar-refractivity contribution in [2.75, 3.05) is 7.11 Å². The zero-order chi connectivity index (χ0) is 11.7. The van der Waals surface area contributed by atoms with Crippen LogP contribution in [0.1, 0.15) is 5.56 Å². The molecule has 17 heavy (non-hydrogen) atoms. The third-order valence-electron chi connectivity index (χ3n) is 3.16. The summed E-state index contributed by atoms with van der Waals surface area (Å²) in [7, 11) is 1.74. The summed E-state index contributed by atoms with van der Waals surface area (Å²) >= 11 is 0. The van der Waals surface area contributed by atoms with Crippen LogP contribution < -0.4 is 0 Å². The Morgan fingerprint density at radius 2 is 1.59 bits per heavy atom. The molecule has 0 heterocycles. The molecule has 0 aromatic heterocycles. The van der Waals surface area contributed by atoms with Crippen LogP contribution in [0.25, 0.3) is 21.5 Å². The SMILES string of the molecule is COCc1cccc2ccc3ccccc3c12. The van der Waals surface area contributed by atoms with Crippen LogP contribution in [0.3, 0.4) is 0 Å². The van der Waals surface area contributed by atoms with Gasteiger partial charge in [-0.1, -0.05) is 54.6 Å². The molecule has 0 atom stereocenters. The summed E-state index contributed by atoms with van der Waals surface area (Å²) in [6.07, 6.45) is 0. The Morgan fingerprint density at radius 1 is 0.824 bits per heavy atom. The minimum atomic E-state index is 0.658. The quantitative estimate of drug-likeness (QED) is 0.592. The van der Waals surface area contributed by atoms with E-state index < -0.39 is 0 Å². The summed E-state index contributed by atoms with van der Waals surface area (Å²) in [6, 6.07) is 19.2. The van der Waals surface area contributed by atoms with Crippen molar-refractivity contribution < 1.29 is 4.74 Å². The van der Waals surface area contributed by atoms with Crippen molar-refractivity contribution in [3.8, 4) is 0 Å². The standard InChI is InChI=1S/C16H14O/c1-17-11-14-7-4-6-13-10-9-12-5-2-3-8-15(12)16(13)14/h2-10H,11H2,1H3. The summed E-state index contributed by atoms with van der Waals surface area (Å²) in [5.41, 5.74) is 1.25. The molecule has 1 nitrogen and oxygen atoms in total. The van der Waals surface area contributed by atoms with E-state index >= 15 is 0 Å². The normalized spacial score (nSPS) is 11.1. The number of ether oxygens (including phenoxy) is 1. The number of fused-ring (bicyclic) bond motifs is 3. The molecular formula is C16H14O. The number of hydrogen-bond donors (Lipinski definition) is 0. The Hall–Kier alpha value is -1.86. The highest BCUT2D eigenvalue weighted by atomic mass is 16.5. The minimum absolute atomic E-state index is 0.658. The van der Waals surface area contributed by atoms with Gasteiger partial charge in [0, 0.05) is 7.11 Å². The highest BCUT2D eigenvalue weighted by molar-refractivity contribution is 6.09. The van der Waals surface area contributed by atoms with Crippen LogP contribution in [0.5, 0.6) is 0 Å². The first-order chi connectivity index (χ1) is 8.40. The maximum Gasteiger partial charge on any atom is 0.0719 e. The van der Waals surface area contributed by atoms with Gasteiger partial charge in [-0.05, 0) is 27.1 Å². The van der Waals surface area contributed by atoms with E-state index in [-0.39, 0.29) is 0 Å². The van der Waals surface area contributed by atoms with Gasteiger partial charge in [-0.2, -0.15) is 0 Å². The predicted molar refractivity (Wildman–Crippen MR) is 72.2 cm³/mol. The number of rotatable bonds is 2. The van der Waals surface area contributed by atoms with E-state index in [4.69, 9.17) is 4.74 Å². The van der Waals surface area contributed by atoms with Crippen LogP contribution in [0.15, 0.2) is 54.6 Å². The molecule has 3 aromatic rings. The summed E-state index contributed by atoms with van der Waals surface area (Å²) < 4.78 is 5.28. The average Bonchev–Trinajstić information content (AvgIpc) is 2.39. The third-order valence-corrected chi connectivity index (χ3v) is 3.16. The van der Waals surface area contributed by atoms with Gasteiger partial charge in [-0.15, -0.1) is 0 Å². The first-order valence-corrected chi connectivity index (χ1v) is 5.78. The summed E-state index contributed by atoms with van der Waals surface area (Å²) in [5.74, 6) is 0. The smallest absolute Gasteiger partial charge is 0.0719 e. The van der Waals surface area contributed by atoms with Crippen LogP contribution in [0.2, 0.25) is 0 Å². The van der Waals surface area contributed by atoms with Crippen molar-refractivity contribution in [1.29, 1.82) is 0 Å². The molecule has 0 unspecified atom stereocenters. The van der Waals surface area contributed by atoms with E-state index in [2.05, 4.69) is 54.6 Å². The molecule has 3 rings (SSSR count). The average molecular weight is 222 g/mol. The lowest BCUT2D eigenvalue weighted by Gasteiger charge is -2.09. The van der Waals surface area contributed by atoms with Crippen molar-refractivity contribution in [2.24, 2.45) is 0 Å². The van der Waals surface area contributed by atoms with E-state index in [9.17, 15) is 0 Å². The van der Waals surface area contributed by atoms with Crippen LogP contribution in [-0.2, 0) is 11.3 Å². The first-order valence-electron chi connectivity index (χ1n) is 5.78. The molecule has 0 saturated heterocycles. The van der Waals surface area contributed by atoms with Gasteiger partial charge in [-0.25, -0.2) is 0 Å². The van der Waals surface area contributed by atoms with E-state index in [1.165, 1.54) is 27.1 Å². The second-order valence-corrected chi connectivity index (χ2v) is 4.23. The Kier molecular flexibility index (Phi) is 2.54. The zero-order valence-corrected chi connectivity index (χ0v) is 9.81. The van der Waals surface area contributed by atoms with Crippen molar-refractivity contribution in [1.82, 2.24) is 0 Å². The van der Waals surface area contributed by atoms with Gasteiger partial charge in [0.15, 0.2) is 0 Å². The fourth-order valence-corrected chi connectivity index (χ4v) is 2.41. The number of hydrogen-bond acceptors (Lipinski definition) is 1. The first kappa shape index (κ1) is 10.3. The molecule has 1 heteroatoms. The summed E-state index contributed by atoms with van der Waals surface area (Å²) in [6.45, 7) is 0.658. The van der Waals surface area contributed by atoms with Crippen molar-refractivity contribution in [2.45, 2.75) is 6.61 Å². The van der Waals surface area contributed by atoms with Crippen molar-refractivity contribution in [3.05, 3.63) is 60.2 Å². The Bertz CT molecular complexity index is 670.